The van der Waals surface area contributed by atoms with Crippen molar-refractivity contribution in [1.29, 1.82) is 0 Å². The van der Waals surface area contributed by atoms with Crippen LogP contribution in [-0.2, 0) is 4.74 Å². The fraction of sp³-hybridized carbons (Fsp3) is 0.667. The van der Waals surface area contributed by atoms with Crippen LogP contribution in [0, 0.1) is 0 Å². The summed E-state index contributed by atoms with van der Waals surface area (Å²) in [6.07, 6.45) is 2.17. The fourth-order valence-electron chi connectivity index (χ4n) is 3.29. The van der Waals surface area contributed by atoms with Gasteiger partial charge in [0.25, 0.3) is 0 Å². The number of hydrogen-bond donors (Lipinski definition) is 2. The molecule has 1 aliphatic heterocycles. The van der Waals surface area contributed by atoms with Crippen molar-refractivity contribution in [3.8, 4) is 5.75 Å². The maximum Gasteiger partial charge on any atom is 0.314 e. The summed E-state index contributed by atoms with van der Waals surface area (Å²) in [6, 6.07) is 7.20. The SMILES string of the molecule is CC1CN(C(C)(C)CNC(=O)NCCCCOc2ccc(Cl)cc2)CC(C)O1. The summed E-state index contributed by atoms with van der Waals surface area (Å²) in [4.78, 5) is 14.5. The number of nitrogens with zero attached hydrogens (tertiary/aromatic N) is 1. The standard InChI is InChI=1S/C21H34ClN3O3/c1-16-13-25(14-17(2)28-16)21(3,4)15-24-20(26)23-11-5-6-12-27-19-9-7-18(22)8-10-19/h7-10,16-17H,5-6,11-15H2,1-4H3,(H2,23,24,26). The predicted octanol–water partition coefficient (Wildman–Crippen LogP) is 3.69. The highest BCUT2D eigenvalue weighted by molar-refractivity contribution is 6.30. The lowest BCUT2D eigenvalue weighted by molar-refractivity contribution is -0.0947. The lowest BCUT2D eigenvalue weighted by Crippen LogP contribution is -2.59. The van der Waals surface area contributed by atoms with Gasteiger partial charge in [0.1, 0.15) is 5.75 Å². The lowest BCUT2D eigenvalue weighted by atomic mass is 10.00. The minimum Gasteiger partial charge on any atom is -0.494 e. The monoisotopic (exact) mass is 411 g/mol. The summed E-state index contributed by atoms with van der Waals surface area (Å²) in [6.45, 7) is 12.1. The van der Waals surface area contributed by atoms with Crippen LogP contribution < -0.4 is 15.4 Å². The molecule has 1 aromatic carbocycles. The molecule has 28 heavy (non-hydrogen) atoms. The molecule has 6 nitrogen and oxygen atoms in total. The lowest BCUT2D eigenvalue weighted by Gasteiger charge is -2.45. The highest BCUT2D eigenvalue weighted by Gasteiger charge is 2.33. The number of unbranched alkanes of at least 4 members (excludes halogenated alkanes) is 1. The second kappa shape index (κ2) is 10.9. The maximum absolute atomic E-state index is 12.1. The van der Waals surface area contributed by atoms with Gasteiger partial charge in [-0.2, -0.15) is 0 Å². The Balaban J connectivity index is 1.57. The van der Waals surface area contributed by atoms with E-state index in [9.17, 15) is 4.79 Å². The maximum atomic E-state index is 12.1. The number of morpholine rings is 1. The molecule has 2 rings (SSSR count). The summed E-state index contributed by atoms with van der Waals surface area (Å²) in [5.74, 6) is 0.809. The van der Waals surface area contributed by atoms with Gasteiger partial charge in [0.2, 0.25) is 0 Å². The molecule has 7 heteroatoms. The van der Waals surface area contributed by atoms with Crippen LogP contribution in [0.3, 0.4) is 0 Å². The Morgan fingerprint density at radius 1 is 1.18 bits per heavy atom. The van der Waals surface area contributed by atoms with Gasteiger partial charge in [-0.15, -0.1) is 0 Å². The Labute approximate surface area is 173 Å². The third kappa shape index (κ3) is 7.86. The highest BCUT2D eigenvalue weighted by atomic mass is 35.5. The van der Waals surface area contributed by atoms with Gasteiger partial charge >= 0.3 is 6.03 Å². The van der Waals surface area contributed by atoms with E-state index in [0.717, 1.165) is 31.7 Å². The molecule has 0 bridgehead atoms. The minimum atomic E-state index is -0.124. The van der Waals surface area contributed by atoms with Crippen LogP contribution in [0.4, 0.5) is 4.79 Å². The van der Waals surface area contributed by atoms with Gasteiger partial charge in [-0.3, -0.25) is 4.90 Å². The molecule has 158 valence electrons. The number of urea groups is 1. The van der Waals surface area contributed by atoms with E-state index in [1.54, 1.807) is 0 Å². The van der Waals surface area contributed by atoms with E-state index in [1.165, 1.54) is 0 Å². The first-order valence-electron chi connectivity index (χ1n) is 10.1. The first kappa shape index (κ1) is 22.8. The van der Waals surface area contributed by atoms with Crippen molar-refractivity contribution in [2.75, 3.05) is 32.8 Å². The Kier molecular flexibility index (Phi) is 8.86. The van der Waals surface area contributed by atoms with Crippen LogP contribution in [0.1, 0.15) is 40.5 Å². The molecule has 0 aliphatic carbocycles. The van der Waals surface area contributed by atoms with E-state index >= 15 is 0 Å². The number of hydrogen-bond acceptors (Lipinski definition) is 4. The fourth-order valence-corrected chi connectivity index (χ4v) is 3.42. The third-order valence-electron chi connectivity index (χ3n) is 4.90. The van der Waals surface area contributed by atoms with Crippen molar-refractivity contribution in [3.63, 3.8) is 0 Å². The minimum absolute atomic E-state index is 0.115. The topological polar surface area (TPSA) is 62.8 Å². The van der Waals surface area contributed by atoms with Crippen molar-refractivity contribution >= 4 is 17.6 Å². The summed E-state index contributed by atoms with van der Waals surface area (Å²) in [5.41, 5.74) is -0.115. The van der Waals surface area contributed by atoms with E-state index in [1.807, 2.05) is 24.3 Å². The number of halogens is 1. The number of ether oxygens (including phenoxy) is 2. The van der Waals surface area contributed by atoms with E-state index in [-0.39, 0.29) is 23.8 Å². The van der Waals surface area contributed by atoms with Gasteiger partial charge in [-0.25, -0.2) is 4.79 Å². The molecule has 2 atom stereocenters. The van der Waals surface area contributed by atoms with Crippen molar-refractivity contribution < 1.29 is 14.3 Å². The largest absolute Gasteiger partial charge is 0.494 e. The second-order valence-electron chi connectivity index (χ2n) is 8.09. The van der Waals surface area contributed by atoms with E-state index in [0.29, 0.717) is 24.7 Å². The average molecular weight is 412 g/mol. The van der Waals surface area contributed by atoms with Crippen LogP contribution >= 0.6 is 11.6 Å². The first-order chi connectivity index (χ1) is 13.3. The summed E-state index contributed by atoms with van der Waals surface area (Å²) in [7, 11) is 0. The van der Waals surface area contributed by atoms with Gasteiger partial charge in [-0.1, -0.05) is 11.6 Å². The van der Waals surface area contributed by atoms with Crippen molar-refractivity contribution in [2.24, 2.45) is 0 Å². The second-order valence-corrected chi connectivity index (χ2v) is 8.53. The quantitative estimate of drug-likeness (QED) is 0.608. The molecule has 0 saturated carbocycles. The molecule has 2 N–H and O–H groups in total. The summed E-state index contributed by atoms with van der Waals surface area (Å²) >= 11 is 5.84. The molecule has 0 spiro atoms. The van der Waals surface area contributed by atoms with Gasteiger partial charge in [0, 0.05) is 36.7 Å². The van der Waals surface area contributed by atoms with E-state index in [4.69, 9.17) is 21.1 Å². The number of rotatable bonds is 9. The molecule has 0 aromatic heterocycles. The first-order valence-corrected chi connectivity index (χ1v) is 10.4. The van der Waals surface area contributed by atoms with Crippen LogP contribution in [0.5, 0.6) is 5.75 Å². The Morgan fingerprint density at radius 2 is 1.82 bits per heavy atom. The Hall–Kier alpha value is -1.50. The number of nitrogens with one attached hydrogen (secondary N) is 2. The molecule has 0 radical (unpaired) electrons. The third-order valence-corrected chi connectivity index (χ3v) is 5.15. The average Bonchev–Trinajstić information content (AvgIpc) is 2.63. The number of benzene rings is 1. The molecule has 1 saturated heterocycles. The van der Waals surface area contributed by atoms with Crippen molar-refractivity contribution in [3.05, 3.63) is 29.3 Å². The molecule has 1 fully saturated rings. The van der Waals surface area contributed by atoms with Gasteiger partial charge in [0.15, 0.2) is 0 Å². The summed E-state index contributed by atoms with van der Waals surface area (Å²) in [5, 5.41) is 6.61. The molecule has 2 unspecified atom stereocenters. The summed E-state index contributed by atoms with van der Waals surface area (Å²) < 4.78 is 11.4. The molecule has 1 aliphatic rings. The molecule has 2 amide bonds. The van der Waals surface area contributed by atoms with Gasteiger partial charge in [0.05, 0.1) is 18.8 Å². The predicted molar refractivity (Wildman–Crippen MR) is 113 cm³/mol. The zero-order chi connectivity index (χ0) is 20.6. The van der Waals surface area contributed by atoms with Crippen molar-refractivity contribution in [2.45, 2.75) is 58.3 Å². The molecular formula is C21H34ClN3O3. The van der Waals surface area contributed by atoms with Crippen LogP contribution in [-0.4, -0.2) is 61.5 Å². The van der Waals surface area contributed by atoms with Crippen LogP contribution in [0.25, 0.3) is 0 Å². The van der Waals surface area contributed by atoms with Crippen LogP contribution in [0.2, 0.25) is 5.02 Å². The number of carbonyl (C=O) groups excluding carboxylic acids is 1. The van der Waals surface area contributed by atoms with Crippen molar-refractivity contribution in [1.82, 2.24) is 15.5 Å². The molecule has 1 heterocycles. The number of carbonyl (C=O) groups is 1. The molecule has 1 aromatic rings. The zero-order valence-corrected chi connectivity index (χ0v) is 18.2. The molecular weight excluding hydrogens is 378 g/mol. The van der Waals surface area contributed by atoms with E-state index in [2.05, 4.69) is 43.2 Å². The highest BCUT2D eigenvalue weighted by Crippen LogP contribution is 2.20. The zero-order valence-electron chi connectivity index (χ0n) is 17.5. The Bertz CT molecular complexity index is 599. The van der Waals surface area contributed by atoms with Gasteiger partial charge < -0.3 is 20.1 Å². The smallest absolute Gasteiger partial charge is 0.314 e. The van der Waals surface area contributed by atoms with Crippen LogP contribution in [0.15, 0.2) is 24.3 Å². The number of amides is 2. The van der Waals surface area contributed by atoms with Gasteiger partial charge in [-0.05, 0) is 64.8 Å². The Morgan fingerprint density at radius 3 is 2.46 bits per heavy atom. The normalized spacial score (nSPS) is 20.6. The van der Waals surface area contributed by atoms with E-state index < -0.39 is 0 Å².